The number of nitrogens with zero attached hydrogens (tertiary/aromatic N) is 4. The number of nitrogens with one attached hydrogen (secondary N) is 2. The van der Waals surface area contributed by atoms with E-state index < -0.39 is 0 Å². The first-order valence-corrected chi connectivity index (χ1v) is 8.03. The lowest BCUT2D eigenvalue weighted by molar-refractivity contribution is 0.893. The Morgan fingerprint density at radius 1 is 0.920 bits per heavy atom. The lowest BCUT2D eigenvalue weighted by atomic mass is 10.3. The standard InChI is InChI=1S/C18H21N7/c1-25-13-12-22-18(25)24-23-17-8-6-16(7-9-17)21-11-10-20-15-4-2-14(19)3-5-15/h2-9,12-13,20-21H,10-11,19H2,1H3/b24-23+. The summed E-state index contributed by atoms with van der Waals surface area (Å²) in [7, 11) is 1.88. The van der Waals surface area contributed by atoms with Gasteiger partial charge >= 0.3 is 0 Å². The van der Waals surface area contributed by atoms with Gasteiger partial charge in [0, 0.05) is 49.6 Å². The first kappa shape index (κ1) is 16.5. The number of benzene rings is 2. The fourth-order valence-electron chi connectivity index (χ4n) is 2.22. The largest absolute Gasteiger partial charge is 0.399 e. The molecule has 25 heavy (non-hydrogen) atoms. The quantitative estimate of drug-likeness (QED) is 0.346. The highest BCUT2D eigenvalue weighted by atomic mass is 15.2. The smallest absolute Gasteiger partial charge is 0.249 e. The minimum absolute atomic E-state index is 0.580. The SMILES string of the molecule is Cn1ccnc1/N=N/c1ccc(NCCNc2ccc(N)cc2)cc1. The van der Waals surface area contributed by atoms with Crippen molar-refractivity contribution < 1.29 is 0 Å². The van der Waals surface area contributed by atoms with E-state index in [-0.39, 0.29) is 0 Å². The summed E-state index contributed by atoms with van der Waals surface area (Å²) in [5.41, 5.74) is 9.31. The number of azo groups is 1. The topological polar surface area (TPSA) is 92.6 Å². The zero-order valence-corrected chi connectivity index (χ0v) is 14.1. The highest BCUT2D eigenvalue weighted by molar-refractivity contribution is 5.52. The summed E-state index contributed by atoms with van der Waals surface area (Å²) in [6, 6.07) is 15.5. The number of imidazole rings is 1. The van der Waals surface area contributed by atoms with Crippen LogP contribution in [0.5, 0.6) is 0 Å². The van der Waals surface area contributed by atoms with Gasteiger partial charge in [-0.15, -0.1) is 10.2 Å². The van der Waals surface area contributed by atoms with Crippen molar-refractivity contribution in [1.82, 2.24) is 9.55 Å². The summed E-state index contributed by atoms with van der Waals surface area (Å²) in [6.45, 7) is 1.61. The van der Waals surface area contributed by atoms with Crippen LogP contribution in [0.3, 0.4) is 0 Å². The Labute approximate surface area is 146 Å². The van der Waals surface area contributed by atoms with E-state index in [0.29, 0.717) is 5.95 Å². The second kappa shape index (κ2) is 7.96. The minimum atomic E-state index is 0.580. The Kier molecular flexibility index (Phi) is 5.26. The molecule has 0 saturated heterocycles. The van der Waals surface area contributed by atoms with E-state index in [2.05, 4.69) is 25.8 Å². The van der Waals surface area contributed by atoms with E-state index >= 15 is 0 Å². The molecule has 1 aromatic heterocycles. The van der Waals surface area contributed by atoms with Crippen molar-refractivity contribution in [2.75, 3.05) is 29.5 Å². The Morgan fingerprint density at radius 3 is 2.08 bits per heavy atom. The molecule has 7 heteroatoms. The van der Waals surface area contributed by atoms with Crippen molar-refractivity contribution >= 4 is 28.7 Å². The van der Waals surface area contributed by atoms with Gasteiger partial charge in [-0.3, -0.25) is 0 Å². The molecule has 128 valence electrons. The molecule has 3 aromatic rings. The van der Waals surface area contributed by atoms with E-state index in [1.165, 1.54) is 0 Å². The normalized spacial score (nSPS) is 10.9. The molecule has 0 spiro atoms. The number of nitrogens with two attached hydrogens (primary N) is 1. The van der Waals surface area contributed by atoms with Gasteiger partial charge in [-0.2, -0.15) is 0 Å². The molecule has 0 fully saturated rings. The summed E-state index contributed by atoms with van der Waals surface area (Å²) in [6.07, 6.45) is 3.53. The molecule has 7 nitrogen and oxygen atoms in total. The molecular weight excluding hydrogens is 314 g/mol. The molecular formula is C18H21N7. The predicted octanol–water partition coefficient (Wildman–Crippen LogP) is 3.94. The van der Waals surface area contributed by atoms with Gasteiger partial charge in [0.15, 0.2) is 0 Å². The van der Waals surface area contributed by atoms with Gasteiger partial charge in [-0.05, 0) is 48.5 Å². The van der Waals surface area contributed by atoms with Crippen molar-refractivity contribution in [2.45, 2.75) is 0 Å². The first-order valence-electron chi connectivity index (χ1n) is 8.03. The van der Waals surface area contributed by atoms with Gasteiger partial charge in [0.2, 0.25) is 5.95 Å². The number of aromatic nitrogens is 2. The third-order valence-electron chi connectivity index (χ3n) is 3.61. The molecule has 0 aliphatic carbocycles. The number of rotatable bonds is 7. The van der Waals surface area contributed by atoms with Crippen LogP contribution in [-0.4, -0.2) is 22.6 Å². The van der Waals surface area contributed by atoms with Crippen LogP contribution in [0.1, 0.15) is 0 Å². The number of nitrogen functional groups attached to an aromatic ring is 1. The van der Waals surface area contributed by atoms with E-state index in [1.807, 2.05) is 66.3 Å². The zero-order chi connectivity index (χ0) is 17.5. The second-order valence-corrected chi connectivity index (χ2v) is 5.56. The summed E-state index contributed by atoms with van der Waals surface area (Å²) in [4.78, 5) is 4.10. The number of anilines is 3. The van der Waals surface area contributed by atoms with Gasteiger partial charge in [0.25, 0.3) is 0 Å². The number of hydrogen-bond donors (Lipinski definition) is 3. The van der Waals surface area contributed by atoms with Crippen LogP contribution in [0.4, 0.5) is 28.7 Å². The van der Waals surface area contributed by atoms with E-state index in [0.717, 1.165) is 35.8 Å². The van der Waals surface area contributed by atoms with E-state index in [9.17, 15) is 0 Å². The van der Waals surface area contributed by atoms with Gasteiger partial charge in [0.05, 0.1) is 5.69 Å². The Balaban J connectivity index is 1.45. The minimum Gasteiger partial charge on any atom is -0.399 e. The van der Waals surface area contributed by atoms with Crippen LogP contribution in [0, 0.1) is 0 Å². The third kappa shape index (κ3) is 4.81. The maximum Gasteiger partial charge on any atom is 0.249 e. The van der Waals surface area contributed by atoms with Crippen molar-refractivity contribution in [2.24, 2.45) is 17.3 Å². The molecule has 4 N–H and O–H groups in total. The van der Waals surface area contributed by atoms with E-state index in [4.69, 9.17) is 5.73 Å². The molecule has 0 unspecified atom stereocenters. The summed E-state index contributed by atoms with van der Waals surface area (Å²) in [5, 5.41) is 15.0. The fraction of sp³-hybridized carbons (Fsp3) is 0.167. The molecule has 1 heterocycles. The van der Waals surface area contributed by atoms with Crippen molar-refractivity contribution in [3.8, 4) is 0 Å². The number of aryl methyl sites for hydroxylation is 1. The second-order valence-electron chi connectivity index (χ2n) is 5.56. The fourth-order valence-corrected chi connectivity index (χ4v) is 2.22. The average molecular weight is 335 g/mol. The monoisotopic (exact) mass is 335 g/mol. The van der Waals surface area contributed by atoms with Gasteiger partial charge in [0.1, 0.15) is 0 Å². The highest BCUT2D eigenvalue weighted by Crippen LogP contribution is 2.19. The van der Waals surface area contributed by atoms with Crippen molar-refractivity contribution in [1.29, 1.82) is 0 Å². The lowest BCUT2D eigenvalue weighted by Gasteiger charge is -2.09. The molecule has 0 aliphatic rings. The zero-order valence-electron chi connectivity index (χ0n) is 14.1. The van der Waals surface area contributed by atoms with E-state index in [1.54, 1.807) is 6.20 Å². The van der Waals surface area contributed by atoms with Gasteiger partial charge in [-0.25, -0.2) is 4.98 Å². The summed E-state index contributed by atoms with van der Waals surface area (Å²) in [5.74, 6) is 0.580. The molecule has 0 saturated carbocycles. The Morgan fingerprint density at radius 2 is 1.52 bits per heavy atom. The summed E-state index contributed by atoms with van der Waals surface area (Å²) >= 11 is 0. The van der Waals surface area contributed by atoms with Crippen LogP contribution in [-0.2, 0) is 7.05 Å². The van der Waals surface area contributed by atoms with Crippen LogP contribution in [0.2, 0.25) is 0 Å². The first-order chi connectivity index (χ1) is 12.2. The molecule has 3 rings (SSSR count). The Bertz CT molecular complexity index is 819. The van der Waals surface area contributed by atoms with Crippen LogP contribution >= 0.6 is 0 Å². The molecule has 0 aliphatic heterocycles. The lowest BCUT2D eigenvalue weighted by Crippen LogP contribution is -2.13. The maximum atomic E-state index is 5.67. The molecule has 0 bridgehead atoms. The number of hydrogen-bond acceptors (Lipinski definition) is 6. The predicted molar refractivity (Wildman–Crippen MR) is 102 cm³/mol. The van der Waals surface area contributed by atoms with Crippen LogP contribution in [0.15, 0.2) is 71.2 Å². The third-order valence-corrected chi connectivity index (χ3v) is 3.61. The summed E-state index contributed by atoms with van der Waals surface area (Å²) < 4.78 is 1.81. The van der Waals surface area contributed by atoms with Crippen LogP contribution < -0.4 is 16.4 Å². The highest BCUT2D eigenvalue weighted by Gasteiger charge is 1.97. The van der Waals surface area contributed by atoms with Crippen LogP contribution in [0.25, 0.3) is 0 Å². The average Bonchev–Trinajstić information content (AvgIpc) is 3.04. The molecule has 0 atom stereocenters. The Hall–Kier alpha value is -3.35. The van der Waals surface area contributed by atoms with Crippen molar-refractivity contribution in [3.63, 3.8) is 0 Å². The van der Waals surface area contributed by atoms with Gasteiger partial charge in [-0.1, -0.05) is 0 Å². The van der Waals surface area contributed by atoms with Crippen molar-refractivity contribution in [3.05, 3.63) is 60.9 Å². The molecule has 2 aromatic carbocycles. The maximum absolute atomic E-state index is 5.67. The van der Waals surface area contributed by atoms with Gasteiger partial charge < -0.3 is 20.9 Å². The molecule has 0 amide bonds. The molecule has 0 radical (unpaired) electrons.